The Bertz CT molecular complexity index is 832. The molecule has 1 aliphatic heterocycles. The first-order valence-electron chi connectivity index (χ1n) is 6.96. The fourth-order valence-electron chi connectivity index (χ4n) is 2.25. The van der Waals surface area contributed by atoms with Crippen LogP contribution in [0.5, 0.6) is 0 Å². The number of aryl methyl sites for hydroxylation is 1. The highest BCUT2D eigenvalue weighted by molar-refractivity contribution is 7.91. The lowest BCUT2D eigenvalue weighted by Crippen LogP contribution is -2.23. The molecule has 3 rings (SSSR count). The van der Waals surface area contributed by atoms with E-state index in [1.807, 2.05) is 0 Å². The number of rotatable bonds is 4. The zero-order valence-corrected chi connectivity index (χ0v) is 13.1. The number of carbonyl (C=O) groups is 1. The molecule has 3 heterocycles. The molecule has 0 aromatic carbocycles. The zero-order valence-electron chi connectivity index (χ0n) is 12.3. The molecule has 2 aromatic heterocycles. The van der Waals surface area contributed by atoms with Crippen molar-refractivity contribution < 1.29 is 17.7 Å². The Morgan fingerprint density at radius 1 is 1.43 bits per heavy atom. The molecule has 0 spiro atoms. The van der Waals surface area contributed by atoms with Gasteiger partial charge in [0.05, 0.1) is 11.5 Å². The molecule has 23 heavy (non-hydrogen) atoms. The van der Waals surface area contributed by atoms with Crippen LogP contribution in [0.1, 0.15) is 22.7 Å². The van der Waals surface area contributed by atoms with Crippen molar-refractivity contribution in [3.8, 4) is 0 Å². The number of amides is 1. The van der Waals surface area contributed by atoms with Crippen LogP contribution in [0.25, 0.3) is 0 Å². The smallest absolute Gasteiger partial charge is 0.275 e. The summed E-state index contributed by atoms with van der Waals surface area (Å²) in [6.45, 7) is 1.71. The number of nitrogens with zero attached hydrogens (tertiary/aromatic N) is 3. The number of nitrogens with one attached hydrogen (secondary N) is 2. The minimum absolute atomic E-state index is 0.0466. The zero-order chi connectivity index (χ0) is 16.4. The molecule has 0 bridgehead atoms. The maximum atomic E-state index is 12.1. The van der Waals surface area contributed by atoms with Crippen molar-refractivity contribution in [3.05, 3.63) is 29.8 Å². The Morgan fingerprint density at radius 3 is 2.91 bits per heavy atom. The molecule has 1 aliphatic rings. The van der Waals surface area contributed by atoms with Crippen molar-refractivity contribution in [2.24, 2.45) is 0 Å². The predicted octanol–water partition coefficient (Wildman–Crippen LogP) is 0.624. The monoisotopic (exact) mass is 337 g/mol. The number of aromatic nitrogens is 3. The van der Waals surface area contributed by atoms with Crippen LogP contribution in [0.4, 0.5) is 11.8 Å². The Labute approximate surface area is 132 Å². The van der Waals surface area contributed by atoms with Crippen molar-refractivity contribution >= 4 is 27.5 Å². The Hall–Kier alpha value is -2.49. The number of sulfone groups is 1. The third kappa shape index (κ3) is 3.83. The normalized spacial score (nSPS) is 19.4. The third-order valence-electron chi connectivity index (χ3n) is 3.32. The SMILES string of the molecule is Cc1cc(NC(=O)c2ccnc(NC3CCS(=O)(=O)C3)n2)no1. The van der Waals surface area contributed by atoms with Crippen molar-refractivity contribution in [1.82, 2.24) is 15.1 Å². The molecular weight excluding hydrogens is 322 g/mol. The summed E-state index contributed by atoms with van der Waals surface area (Å²) in [5.41, 5.74) is 0.143. The molecule has 1 saturated heterocycles. The van der Waals surface area contributed by atoms with Gasteiger partial charge in [0.25, 0.3) is 5.91 Å². The molecule has 2 N–H and O–H groups in total. The third-order valence-corrected chi connectivity index (χ3v) is 5.09. The van der Waals surface area contributed by atoms with E-state index < -0.39 is 15.7 Å². The molecule has 1 amide bonds. The number of hydrogen-bond acceptors (Lipinski definition) is 8. The van der Waals surface area contributed by atoms with Crippen LogP contribution in [0.3, 0.4) is 0 Å². The summed E-state index contributed by atoms with van der Waals surface area (Å²) in [6.07, 6.45) is 1.93. The van der Waals surface area contributed by atoms with Gasteiger partial charge in [0.15, 0.2) is 15.7 Å². The van der Waals surface area contributed by atoms with Crippen LogP contribution in [-0.4, -0.2) is 47.0 Å². The van der Waals surface area contributed by atoms with Crippen molar-refractivity contribution in [2.45, 2.75) is 19.4 Å². The quantitative estimate of drug-likeness (QED) is 0.831. The molecule has 1 fully saturated rings. The van der Waals surface area contributed by atoms with E-state index in [4.69, 9.17) is 4.52 Å². The fraction of sp³-hybridized carbons (Fsp3) is 0.385. The van der Waals surface area contributed by atoms with Gasteiger partial charge in [-0.3, -0.25) is 4.79 Å². The Kier molecular flexibility index (Phi) is 3.99. The van der Waals surface area contributed by atoms with Crippen molar-refractivity contribution in [2.75, 3.05) is 22.1 Å². The summed E-state index contributed by atoms with van der Waals surface area (Å²) in [4.78, 5) is 20.2. The van der Waals surface area contributed by atoms with Gasteiger partial charge in [0, 0.05) is 18.3 Å². The lowest BCUT2D eigenvalue weighted by molar-refractivity contribution is 0.102. The predicted molar refractivity (Wildman–Crippen MR) is 81.9 cm³/mol. The van der Waals surface area contributed by atoms with Gasteiger partial charge in [-0.15, -0.1) is 0 Å². The number of carbonyl (C=O) groups excluding carboxylic acids is 1. The van der Waals surface area contributed by atoms with E-state index in [0.29, 0.717) is 18.0 Å². The second-order valence-corrected chi connectivity index (χ2v) is 7.52. The summed E-state index contributed by atoms with van der Waals surface area (Å²) in [5.74, 6) is 0.829. The van der Waals surface area contributed by atoms with Crippen molar-refractivity contribution in [1.29, 1.82) is 0 Å². The Morgan fingerprint density at radius 2 is 2.26 bits per heavy atom. The fourth-order valence-corrected chi connectivity index (χ4v) is 3.93. The van der Waals surface area contributed by atoms with E-state index in [1.165, 1.54) is 12.3 Å². The lowest BCUT2D eigenvalue weighted by Gasteiger charge is -2.10. The summed E-state index contributed by atoms with van der Waals surface area (Å²) >= 11 is 0. The minimum atomic E-state index is -3.00. The van der Waals surface area contributed by atoms with E-state index in [1.54, 1.807) is 13.0 Å². The first-order valence-corrected chi connectivity index (χ1v) is 8.78. The van der Waals surface area contributed by atoms with Gasteiger partial charge in [-0.1, -0.05) is 5.16 Å². The molecule has 1 atom stereocenters. The number of anilines is 2. The average molecular weight is 337 g/mol. The summed E-state index contributed by atoms with van der Waals surface area (Å²) in [6, 6.07) is 2.80. The van der Waals surface area contributed by atoms with Crippen LogP contribution in [-0.2, 0) is 9.84 Å². The standard InChI is InChI=1S/C13H15N5O4S/c1-8-6-11(18-22-8)17-12(19)10-2-4-14-13(16-10)15-9-3-5-23(20,21)7-9/h2,4,6,9H,3,5,7H2,1H3,(H,14,15,16)(H,17,18,19). The topological polar surface area (TPSA) is 127 Å². The van der Waals surface area contributed by atoms with Crippen LogP contribution in [0, 0.1) is 6.92 Å². The first-order chi connectivity index (χ1) is 10.9. The first kappa shape index (κ1) is 15.4. The molecule has 9 nitrogen and oxygen atoms in total. The molecule has 0 saturated carbocycles. The van der Waals surface area contributed by atoms with E-state index >= 15 is 0 Å². The largest absolute Gasteiger partial charge is 0.360 e. The lowest BCUT2D eigenvalue weighted by atomic mass is 10.3. The second-order valence-electron chi connectivity index (χ2n) is 5.29. The maximum Gasteiger partial charge on any atom is 0.275 e. The van der Waals surface area contributed by atoms with E-state index in [2.05, 4.69) is 25.8 Å². The molecule has 10 heteroatoms. The summed E-state index contributed by atoms with van der Waals surface area (Å²) in [5, 5.41) is 9.17. The molecule has 1 unspecified atom stereocenters. The van der Waals surface area contributed by atoms with Crippen LogP contribution in [0.15, 0.2) is 22.9 Å². The van der Waals surface area contributed by atoms with Gasteiger partial charge in [-0.05, 0) is 19.4 Å². The van der Waals surface area contributed by atoms with Crippen molar-refractivity contribution in [3.63, 3.8) is 0 Å². The summed E-state index contributed by atoms with van der Waals surface area (Å²) in [7, 11) is -3.00. The van der Waals surface area contributed by atoms with Gasteiger partial charge in [-0.25, -0.2) is 18.4 Å². The van der Waals surface area contributed by atoms with Gasteiger partial charge in [0.1, 0.15) is 11.5 Å². The highest BCUT2D eigenvalue weighted by Gasteiger charge is 2.28. The minimum Gasteiger partial charge on any atom is -0.360 e. The highest BCUT2D eigenvalue weighted by Crippen LogP contribution is 2.15. The van der Waals surface area contributed by atoms with E-state index in [0.717, 1.165) is 0 Å². The maximum absolute atomic E-state index is 12.1. The molecular formula is C13H15N5O4S. The van der Waals surface area contributed by atoms with Gasteiger partial charge in [-0.2, -0.15) is 0 Å². The van der Waals surface area contributed by atoms with Gasteiger partial charge < -0.3 is 15.2 Å². The molecule has 122 valence electrons. The van der Waals surface area contributed by atoms with Crippen LogP contribution >= 0.6 is 0 Å². The molecule has 0 aliphatic carbocycles. The second kappa shape index (κ2) is 5.95. The molecule has 0 radical (unpaired) electrons. The van der Waals surface area contributed by atoms with Crippen LogP contribution < -0.4 is 10.6 Å². The van der Waals surface area contributed by atoms with E-state index in [9.17, 15) is 13.2 Å². The van der Waals surface area contributed by atoms with Gasteiger partial charge >= 0.3 is 0 Å². The average Bonchev–Trinajstić information content (AvgIpc) is 3.04. The summed E-state index contributed by atoms with van der Waals surface area (Å²) < 4.78 is 27.8. The number of hydrogen-bond donors (Lipinski definition) is 2. The van der Waals surface area contributed by atoms with E-state index in [-0.39, 0.29) is 29.2 Å². The molecule has 2 aromatic rings. The highest BCUT2D eigenvalue weighted by atomic mass is 32.2. The Balaban J connectivity index is 1.68. The van der Waals surface area contributed by atoms with Gasteiger partial charge in [0.2, 0.25) is 5.95 Å². The van der Waals surface area contributed by atoms with Crippen LogP contribution in [0.2, 0.25) is 0 Å².